The minimum atomic E-state index is -0.542. The highest BCUT2D eigenvalue weighted by Crippen LogP contribution is 2.26. The van der Waals surface area contributed by atoms with Crippen LogP contribution in [0.15, 0.2) is 48.5 Å². The van der Waals surface area contributed by atoms with Gasteiger partial charge in [0.2, 0.25) is 0 Å². The van der Waals surface area contributed by atoms with Gasteiger partial charge in [0.1, 0.15) is 30.3 Å². The molecule has 0 bridgehead atoms. The topological polar surface area (TPSA) is 63.2 Å². The molecule has 0 atom stereocenters. The third-order valence-electron chi connectivity index (χ3n) is 3.51. The molecule has 0 heterocycles. The molecule has 2 rings (SSSR count). The Balaban J connectivity index is 2.13. The van der Waals surface area contributed by atoms with E-state index in [1.54, 1.807) is 18.2 Å². The minimum absolute atomic E-state index is 0.124. The number of hydrogen-bond acceptors (Lipinski definition) is 6. The molecule has 2 aromatic carbocycles. The maximum absolute atomic E-state index is 11.9. The van der Waals surface area contributed by atoms with Crippen molar-refractivity contribution in [3.05, 3.63) is 59.7 Å². The fraction of sp³-hybridized carbons (Fsp3) is 0.316. The maximum Gasteiger partial charge on any atom is 0.341 e. The quantitative estimate of drug-likeness (QED) is 0.514. The van der Waals surface area contributed by atoms with E-state index in [1.807, 2.05) is 30.3 Å². The average Bonchev–Trinajstić information content (AvgIpc) is 2.67. The molecule has 0 N–H and O–H groups in total. The van der Waals surface area contributed by atoms with Gasteiger partial charge in [-0.1, -0.05) is 30.3 Å². The molecule has 0 amide bonds. The Kier molecular flexibility index (Phi) is 7.25. The monoisotopic (exact) mass is 346 g/mol. The van der Waals surface area contributed by atoms with Crippen LogP contribution < -0.4 is 9.47 Å². The molecule has 134 valence electrons. The van der Waals surface area contributed by atoms with E-state index in [-0.39, 0.29) is 6.61 Å². The summed E-state index contributed by atoms with van der Waals surface area (Å²) in [4.78, 5) is 11.9. The smallest absolute Gasteiger partial charge is 0.341 e. The molecule has 6 heteroatoms. The van der Waals surface area contributed by atoms with Crippen LogP contribution in [-0.2, 0) is 20.8 Å². The predicted octanol–water partition coefficient (Wildman–Crippen LogP) is 3.05. The zero-order valence-electron chi connectivity index (χ0n) is 14.6. The van der Waals surface area contributed by atoms with Crippen molar-refractivity contribution >= 4 is 5.97 Å². The second kappa shape index (κ2) is 9.66. The average molecular weight is 346 g/mol. The van der Waals surface area contributed by atoms with Crippen LogP contribution in [0, 0.1) is 0 Å². The first-order valence-electron chi connectivity index (χ1n) is 7.75. The number of carbonyl (C=O) groups excluding carboxylic acids is 1. The first-order valence-corrected chi connectivity index (χ1v) is 7.75. The lowest BCUT2D eigenvalue weighted by molar-refractivity contribution is -0.122. The number of rotatable bonds is 9. The highest BCUT2D eigenvalue weighted by Gasteiger charge is 2.16. The summed E-state index contributed by atoms with van der Waals surface area (Å²) >= 11 is 0. The lowest BCUT2D eigenvalue weighted by Gasteiger charge is -2.17. The summed E-state index contributed by atoms with van der Waals surface area (Å²) in [7, 11) is 4.34. The fourth-order valence-corrected chi connectivity index (χ4v) is 2.12. The van der Waals surface area contributed by atoms with Crippen LogP contribution in [0.4, 0.5) is 0 Å². The van der Waals surface area contributed by atoms with Crippen molar-refractivity contribution in [1.82, 2.24) is 0 Å². The zero-order valence-corrected chi connectivity index (χ0v) is 14.6. The SMILES string of the molecule is COC(=O)c1ccc(OCc2ccccc2)cc1OCC(OC)OC. The molecular formula is C19H22O6. The Labute approximate surface area is 147 Å². The van der Waals surface area contributed by atoms with E-state index in [1.165, 1.54) is 21.3 Å². The first-order chi connectivity index (χ1) is 12.2. The molecule has 2 aromatic rings. The van der Waals surface area contributed by atoms with Gasteiger partial charge in [-0.15, -0.1) is 0 Å². The fourth-order valence-electron chi connectivity index (χ4n) is 2.12. The van der Waals surface area contributed by atoms with Crippen molar-refractivity contribution in [2.24, 2.45) is 0 Å². The summed E-state index contributed by atoms with van der Waals surface area (Å²) in [6, 6.07) is 14.7. The van der Waals surface area contributed by atoms with E-state index < -0.39 is 12.3 Å². The minimum Gasteiger partial charge on any atom is -0.489 e. The zero-order chi connectivity index (χ0) is 18.1. The van der Waals surface area contributed by atoms with Gasteiger partial charge in [0.15, 0.2) is 6.29 Å². The van der Waals surface area contributed by atoms with Crippen LogP contribution >= 0.6 is 0 Å². The van der Waals surface area contributed by atoms with Crippen molar-refractivity contribution in [2.45, 2.75) is 12.9 Å². The van der Waals surface area contributed by atoms with E-state index >= 15 is 0 Å². The molecule has 0 saturated heterocycles. The van der Waals surface area contributed by atoms with Gasteiger partial charge in [0.25, 0.3) is 0 Å². The van der Waals surface area contributed by atoms with Crippen molar-refractivity contribution in [2.75, 3.05) is 27.9 Å². The predicted molar refractivity (Wildman–Crippen MR) is 91.9 cm³/mol. The van der Waals surface area contributed by atoms with Gasteiger partial charge in [-0.05, 0) is 17.7 Å². The summed E-state index contributed by atoms with van der Waals surface area (Å²) in [6.07, 6.45) is -0.542. The Morgan fingerprint density at radius 2 is 1.68 bits per heavy atom. The van der Waals surface area contributed by atoms with Gasteiger partial charge < -0.3 is 23.7 Å². The summed E-state index contributed by atoms with van der Waals surface area (Å²) in [5.74, 6) is 0.436. The van der Waals surface area contributed by atoms with E-state index in [4.69, 9.17) is 23.7 Å². The molecule has 0 aromatic heterocycles. The summed E-state index contributed by atoms with van der Waals surface area (Å²) < 4.78 is 26.4. The summed E-state index contributed by atoms with van der Waals surface area (Å²) in [5, 5.41) is 0. The second-order valence-corrected chi connectivity index (χ2v) is 5.14. The number of hydrogen-bond donors (Lipinski definition) is 0. The van der Waals surface area contributed by atoms with E-state index in [0.717, 1.165) is 5.56 Å². The molecule has 25 heavy (non-hydrogen) atoms. The van der Waals surface area contributed by atoms with Crippen molar-refractivity contribution in [3.63, 3.8) is 0 Å². The molecule has 0 saturated carbocycles. The number of methoxy groups -OCH3 is 3. The highest BCUT2D eigenvalue weighted by molar-refractivity contribution is 5.92. The van der Waals surface area contributed by atoms with Gasteiger partial charge in [-0.2, -0.15) is 0 Å². The molecule has 0 aliphatic heterocycles. The van der Waals surface area contributed by atoms with Crippen LogP contribution in [0.25, 0.3) is 0 Å². The van der Waals surface area contributed by atoms with Crippen molar-refractivity contribution < 1.29 is 28.5 Å². The molecule has 0 fully saturated rings. The summed E-state index contributed by atoms with van der Waals surface area (Å²) in [5.41, 5.74) is 1.35. The van der Waals surface area contributed by atoms with Crippen LogP contribution in [0.1, 0.15) is 15.9 Å². The third-order valence-corrected chi connectivity index (χ3v) is 3.51. The Morgan fingerprint density at radius 3 is 2.32 bits per heavy atom. The first kappa shape index (κ1) is 18.8. The third kappa shape index (κ3) is 5.48. The van der Waals surface area contributed by atoms with E-state index in [2.05, 4.69) is 0 Å². The van der Waals surface area contributed by atoms with E-state index in [9.17, 15) is 4.79 Å². The van der Waals surface area contributed by atoms with Crippen LogP contribution in [0.5, 0.6) is 11.5 Å². The lowest BCUT2D eigenvalue weighted by Crippen LogP contribution is -2.22. The van der Waals surface area contributed by atoms with Gasteiger partial charge in [-0.25, -0.2) is 4.79 Å². The van der Waals surface area contributed by atoms with Gasteiger partial charge in [-0.3, -0.25) is 0 Å². The van der Waals surface area contributed by atoms with Crippen LogP contribution in [0.2, 0.25) is 0 Å². The second-order valence-electron chi connectivity index (χ2n) is 5.14. The molecule has 6 nitrogen and oxygen atoms in total. The number of ether oxygens (including phenoxy) is 5. The lowest BCUT2D eigenvalue weighted by atomic mass is 10.2. The van der Waals surface area contributed by atoms with Gasteiger partial charge in [0, 0.05) is 20.3 Å². The molecule has 0 unspecified atom stereocenters. The standard InChI is InChI=1S/C19H22O6/c1-21-18(22-2)13-25-17-11-15(9-10-16(17)19(20)23-3)24-12-14-7-5-4-6-8-14/h4-11,18H,12-13H2,1-3H3. The molecular weight excluding hydrogens is 324 g/mol. The maximum atomic E-state index is 11.9. The van der Waals surface area contributed by atoms with Crippen LogP contribution in [-0.4, -0.2) is 40.2 Å². The van der Waals surface area contributed by atoms with Gasteiger partial charge >= 0.3 is 5.97 Å². The molecule has 0 aliphatic carbocycles. The molecule has 0 spiro atoms. The Hall–Kier alpha value is -2.57. The Morgan fingerprint density at radius 1 is 0.960 bits per heavy atom. The van der Waals surface area contributed by atoms with Crippen LogP contribution in [0.3, 0.4) is 0 Å². The number of esters is 1. The highest BCUT2D eigenvalue weighted by atomic mass is 16.7. The molecule has 0 radical (unpaired) electrons. The van der Waals surface area contributed by atoms with E-state index in [0.29, 0.717) is 23.7 Å². The van der Waals surface area contributed by atoms with Crippen molar-refractivity contribution in [1.29, 1.82) is 0 Å². The Bertz CT molecular complexity index is 667. The normalized spacial score (nSPS) is 10.6. The number of carbonyl (C=O) groups is 1. The van der Waals surface area contributed by atoms with Crippen molar-refractivity contribution in [3.8, 4) is 11.5 Å². The number of benzene rings is 2. The molecule has 0 aliphatic rings. The van der Waals surface area contributed by atoms with Gasteiger partial charge in [0.05, 0.1) is 7.11 Å². The largest absolute Gasteiger partial charge is 0.489 e. The summed E-state index contributed by atoms with van der Waals surface area (Å²) in [6.45, 7) is 0.537.